The van der Waals surface area contributed by atoms with E-state index in [1.165, 1.54) is 11.3 Å². The summed E-state index contributed by atoms with van der Waals surface area (Å²) in [5, 5.41) is 13.6. The van der Waals surface area contributed by atoms with Gasteiger partial charge in [0.05, 0.1) is 11.2 Å². The van der Waals surface area contributed by atoms with Gasteiger partial charge < -0.3 is 5.73 Å². The average Bonchev–Trinajstić information content (AvgIpc) is 2.74. The maximum Gasteiger partial charge on any atom is 0.203 e. The molecule has 80 valence electrons. The summed E-state index contributed by atoms with van der Waals surface area (Å²) in [6.45, 7) is 2.88. The summed E-state index contributed by atoms with van der Waals surface area (Å²) in [5.41, 5.74) is 6.33. The Bertz CT molecular complexity index is 463. The predicted octanol–water partition coefficient (Wildman–Crippen LogP) is 2.05. The van der Waals surface area contributed by atoms with Crippen LogP contribution in [0.5, 0.6) is 0 Å². The van der Waals surface area contributed by atoms with Crippen molar-refractivity contribution in [1.82, 2.24) is 20.0 Å². The summed E-state index contributed by atoms with van der Waals surface area (Å²) in [5.74, 6) is 0. The van der Waals surface area contributed by atoms with Crippen LogP contribution in [0.15, 0.2) is 6.20 Å². The highest BCUT2D eigenvalue weighted by molar-refractivity contribution is 7.18. The molecule has 0 aromatic carbocycles. The van der Waals surface area contributed by atoms with Crippen molar-refractivity contribution in [3.63, 3.8) is 0 Å². The summed E-state index contributed by atoms with van der Waals surface area (Å²) >= 11 is 7.35. The van der Waals surface area contributed by atoms with Crippen molar-refractivity contribution in [2.45, 2.75) is 19.9 Å². The Hall–Kier alpha value is -1.14. The molecule has 0 aliphatic carbocycles. The third-order valence-electron chi connectivity index (χ3n) is 1.87. The van der Waals surface area contributed by atoms with Crippen LogP contribution in [0, 0.1) is 0 Å². The second-order valence-corrected chi connectivity index (χ2v) is 4.43. The third-order valence-corrected chi connectivity index (χ3v) is 2.91. The first kappa shape index (κ1) is 10.4. The minimum atomic E-state index is 0.435. The van der Waals surface area contributed by atoms with Gasteiger partial charge in [0, 0.05) is 6.54 Å². The molecule has 0 atom stereocenters. The molecule has 15 heavy (non-hydrogen) atoms. The molecule has 0 saturated heterocycles. The predicted molar refractivity (Wildman–Crippen MR) is 60.8 cm³/mol. The van der Waals surface area contributed by atoms with Crippen molar-refractivity contribution < 1.29 is 0 Å². The van der Waals surface area contributed by atoms with Crippen molar-refractivity contribution in [2.24, 2.45) is 0 Å². The fraction of sp³-hybridized carbons (Fsp3) is 0.375. The second kappa shape index (κ2) is 4.16. The van der Waals surface area contributed by atoms with Gasteiger partial charge in [-0.3, -0.25) is 4.68 Å². The lowest BCUT2D eigenvalue weighted by atomic mass is 10.4. The number of aryl methyl sites for hydroxylation is 1. The minimum absolute atomic E-state index is 0.435. The van der Waals surface area contributed by atoms with Gasteiger partial charge in [0.2, 0.25) is 5.13 Å². The Morgan fingerprint density at radius 2 is 2.33 bits per heavy atom. The van der Waals surface area contributed by atoms with Gasteiger partial charge in [-0.1, -0.05) is 29.9 Å². The van der Waals surface area contributed by atoms with Gasteiger partial charge in [0.1, 0.15) is 5.69 Å². The number of nitrogen functional groups attached to an aromatic ring is 1. The van der Waals surface area contributed by atoms with Gasteiger partial charge in [-0.05, 0) is 6.42 Å². The monoisotopic (exact) mass is 243 g/mol. The number of rotatable bonds is 3. The van der Waals surface area contributed by atoms with E-state index in [0.29, 0.717) is 15.2 Å². The van der Waals surface area contributed by atoms with E-state index >= 15 is 0 Å². The number of aromatic nitrogens is 4. The number of nitrogens with zero attached hydrogens (tertiary/aromatic N) is 4. The summed E-state index contributed by atoms with van der Waals surface area (Å²) in [4.78, 5) is 0. The van der Waals surface area contributed by atoms with E-state index in [2.05, 4.69) is 22.2 Å². The van der Waals surface area contributed by atoms with E-state index in [9.17, 15) is 0 Å². The smallest absolute Gasteiger partial charge is 0.203 e. The van der Waals surface area contributed by atoms with Crippen LogP contribution in [0.2, 0.25) is 5.02 Å². The van der Waals surface area contributed by atoms with E-state index < -0.39 is 0 Å². The first-order valence-electron chi connectivity index (χ1n) is 4.53. The molecule has 0 spiro atoms. The summed E-state index contributed by atoms with van der Waals surface area (Å²) in [6.07, 6.45) is 2.60. The summed E-state index contributed by atoms with van der Waals surface area (Å²) < 4.78 is 1.82. The molecule has 0 amide bonds. The normalized spacial score (nSPS) is 10.8. The van der Waals surface area contributed by atoms with Crippen molar-refractivity contribution in [3.05, 3.63) is 11.2 Å². The van der Waals surface area contributed by atoms with Crippen LogP contribution < -0.4 is 5.73 Å². The number of anilines is 1. The molecule has 0 radical (unpaired) electrons. The van der Waals surface area contributed by atoms with E-state index in [1.807, 2.05) is 4.68 Å². The number of hydrogen-bond donors (Lipinski definition) is 1. The maximum atomic E-state index is 6.04. The molecule has 0 saturated carbocycles. The quantitative estimate of drug-likeness (QED) is 0.896. The van der Waals surface area contributed by atoms with Gasteiger partial charge >= 0.3 is 0 Å². The molecule has 0 aliphatic rings. The van der Waals surface area contributed by atoms with Gasteiger partial charge in [-0.25, -0.2) is 0 Å². The molecule has 2 heterocycles. The van der Waals surface area contributed by atoms with Crippen LogP contribution in [-0.4, -0.2) is 20.0 Å². The molecule has 7 heteroatoms. The summed E-state index contributed by atoms with van der Waals surface area (Å²) in [6, 6.07) is 0. The highest BCUT2D eigenvalue weighted by Crippen LogP contribution is 2.30. The molecule has 2 aromatic heterocycles. The van der Waals surface area contributed by atoms with E-state index in [1.54, 1.807) is 6.20 Å². The van der Waals surface area contributed by atoms with E-state index in [0.717, 1.165) is 18.7 Å². The van der Waals surface area contributed by atoms with Crippen LogP contribution in [0.1, 0.15) is 13.3 Å². The van der Waals surface area contributed by atoms with Crippen molar-refractivity contribution in [1.29, 1.82) is 0 Å². The number of hydrogen-bond acceptors (Lipinski definition) is 5. The Balaban J connectivity index is 2.46. The lowest BCUT2D eigenvalue weighted by Gasteiger charge is -2.02. The maximum absolute atomic E-state index is 6.04. The minimum Gasteiger partial charge on any atom is -0.374 e. The Morgan fingerprint density at radius 1 is 1.53 bits per heavy atom. The van der Waals surface area contributed by atoms with E-state index in [4.69, 9.17) is 17.3 Å². The van der Waals surface area contributed by atoms with E-state index in [-0.39, 0.29) is 0 Å². The fourth-order valence-electron chi connectivity index (χ4n) is 1.29. The zero-order chi connectivity index (χ0) is 10.8. The molecule has 5 nitrogen and oxygen atoms in total. The third kappa shape index (κ3) is 1.95. The Kier molecular flexibility index (Phi) is 2.88. The Labute approximate surface area is 95.9 Å². The van der Waals surface area contributed by atoms with Crippen LogP contribution in [-0.2, 0) is 6.54 Å². The first-order chi connectivity index (χ1) is 7.22. The zero-order valence-electron chi connectivity index (χ0n) is 8.14. The van der Waals surface area contributed by atoms with Crippen molar-refractivity contribution in [3.8, 4) is 10.7 Å². The zero-order valence-corrected chi connectivity index (χ0v) is 9.72. The molecule has 0 aliphatic heterocycles. The summed E-state index contributed by atoms with van der Waals surface area (Å²) in [7, 11) is 0. The molecule has 2 rings (SSSR count). The molecule has 0 fully saturated rings. The highest BCUT2D eigenvalue weighted by atomic mass is 35.5. The van der Waals surface area contributed by atoms with Gasteiger partial charge in [-0.15, -0.1) is 10.2 Å². The number of halogens is 1. The van der Waals surface area contributed by atoms with Gasteiger partial charge in [0.25, 0.3) is 0 Å². The first-order valence-corrected chi connectivity index (χ1v) is 5.72. The largest absolute Gasteiger partial charge is 0.374 e. The molecule has 0 bridgehead atoms. The van der Waals surface area contributed by atoms with Gasteiger partial charge in [0.15, 0.2) is 5.01 Å². The second-order valence-electron chi connectivity index (χ2n) is 3.01. The van der Waals surface area contributed by atoms with Crippen LogP contribution in [0.4, 0.5) is 5.13 Å². The van der Waals surface area contributed by atoms with Crippen LogP contribution >= 0.6 is 22.9 Å². The fourth-order valence-corrected chi connectivity index (χ4v) is 2.25. The van der Waals surface area contributed by atoms with Crippen molar-refractivity contribution >= 4 is 28.1 Å². The van der Waals surface area contributed by atoms with Gasteiger partial charge in [-0.2, -0.15) is 5.10 Å². The molecular formula is C8H10ClN5S. The van der Waals surface area contributed by atoms with Crippen LogP contribution in [0.3, 0.4) is 0 Å². The Morgan fingerprint density at radius 3 is 2.93 bits per heavy atom. The highest BCUT2D eigenvalue weighted by Gasteiger charge is 2.15. The topological polar surface area (TPSA) is 69.6 Å². The lowest BCUT2D eigenvalue weighted by Crippen LogP contribution is -2.00. The van der Waals surface area contributed by atoms with Crippen molar-refractivity contribution in [2.75, 3.05) is 5.73 Å². The molecule has 0 unspecified atom stereocenters. The standard InChI is InChI=1S/C8H10ClN5S/c1-2-3-14-6(5(9)4-11-14)7-12-13-8(10)15-7/h4H,2-3H2,1H3,(H2,10,13). The SMILES string of the molecule is CCCn1ncc(Cl)c1-c1nnc(N)s1. The lowest BCUT2D eigenvalue weighted by molar-refractivity contribution is 0.608. The molecular weight excluding hydrogens is 234 g/mol. The van der Waals surface area contributed by atoms with Crippen LogP contribution in [0.25, 0.3) is 10.7 Å². The number of nitrogens with two attached hydrogens (primary N) is 1. The molecule has 2 N–H and O–H groups in total. The molecule has 2 aromatic rings. The average molecular weight is 244 g/mol.